The minimum Gasteiger partial charge on any atom is -0.318 e. The maximum atomic E-state index is 3.21. The van der Waals surface area contributed by atoms with Crippen molar-refractivity contribution in [3.8, 4) is 0 Å². The molecule has 1 aliphatic rings. The Balaban J connectivity index is 2.31. The number of nitrogens with one attached hydrogen (secondary N) is 1. The molecule has 3 nitrogen and oxygen atoms in total. The van der Waals surface area contributed by atoms with Crippen LogP contribution in [0.15, 0.2) is 0 Å². The summed E-state index contributed by atoms with van der Waals surface area (Å²) in [4.78, 5) is 5.02. The fourth-order valence-corrected chi connectivity index (χ4v) is 1.84. The average molecular weight is 185 g/mol. The normalized spacial score (nSPS) is 27.5. The van der Waals surface area contributed by atoms with Gasteiger partial charge in [0.05, 0.1) is 0 Å². The van der Waals surface area contributed by atoms with Crippen molar-refractivity contribution < 1.29 is 0 Å². The van der Waals surface area contributed by atoms with Gasteiger partial charge in [0.15, 0.2) is 0 Å². The summed E-state index contributed by atoms with van der Waals surface area (Å²) < 4.78 is 0. The van der Waals surface area contributed by atoms with Crippen LogP contribution in [0.3, 0.4) is 0 Å². The van der Waals surface area contributed by atoms with Crippen molar-refractivity contribution in [1.29, 1.82) is 0 Å². The summed E-state index contributed by atoms with van der Waals surface area (Å²) in [6.07, 6.45) is 1.31. The second kappa shape index (κ2) is 5.58. The van der Waals surface area contributed by atoms with Crippen molar-refractivity contribution in [1.82, 2.24) is 15.1 Å². The number of hydrogen-bond acceptors (Lipinski definition) is 3. The number of likely N-dealkylation sites (N-methyl/N-ethyl adjacent to an activating group) is 2. The van der Waals surface area contributed by atoms with E-state index in [1.54, 1.807) is 0 Å². The third-order valence-electron chi connectivity index (χ3n) is 2.94. The van der Waals surface area contributed by atoms with E-state index in [1.165, 1.54) is 32.6 Å². The zero-order valence-electron chi connectivity index (χ0n) is 9.21. The molecule has 1 unspecified atom stereocenters. The van der Waals surface area contributed by atoms with E-state index in [-0.39, 0.29) is 0 Å². The van der Waals surface area contributed by atoms with Crippen LogP contribution in [0.2, 0.25) is 0 Å². The predicted molar refractivity (Wildman–Crippen MR) is 57.1 cm³/mol. The molecule has 78 valence electrons. The molecule has 1 saturated heterocycles. The first-order valence-electron chi connectivity index (χ1n) is 5.31. The fraction of sp³-hybridized carbons (Fsp3) is 1.00. The van der Waals surface area contributed by atoms with Crippen molar-refractivity contribution in [3.63, 3.8) is 0 Å². The Bertz CT molecular complexity index is 136. The third-order valence-corrected chi connectivity index (χ3v) is 2.94. The van der Waals surface area contributed by atoms with E-state index in [1.807, 2.05) is 7.05 Å². The molecular weight excluding hydrogens is 162 g/mol. The molecule has 0 saturated carbocycles. The number of rotatable bonds is 3. The number of nitrogens with zero attached hydrogens (tertiary/aromatic N) is 2. The fourth-order valence-electron chi connectivity index (χ4n) is 1.84. The molecule has 1 aliphatic heterocycles. The molecule has 1 N–H and O–H groups in total. The van der Waals surface area contributed by atoms with Crippen LogP contribution in [-0.2, 0) is 0 Å². The predicted octanol–water partition coefficient (Wildman–Crippen LogP) is 0.232. The van der Waals surface area contributed by atoms with Gasteiger partial charge in [-0.1, -0.05) is 0 Å². The molecule has 0 radical (unpaired) electrons. The zero-order valence-corrected chi connectivity index (χ0v) is 9.21. The monoisotopic (exact) mass is 185 g/mol. The topological polar surface area (TPSA) is 18.5 Å². The van der Waals surface area contributed by atoms with Crippen molar-refractivity contribution in [3.05, 3.63) is 0 Å². The van der Waals surface area contributed by atoms with Crippen molar-refractivity contribution >= 4 is 0 Å². The minimum absolute atomic E-state index is 0.708. The van der Waals surface area contributed by atoms with Crippen LogP contribution in [-0.4, -0.2) is 62.7 Å². The van der Waals surface area contributed by atoms with Crippen LogP contribution in [0, 0.1) is 0 Å². The molecule has 0 bridgehead atoms. The van der Waals surface area contributed by atoms with Gasteiger partial charge in [-0.05, 0) is 40.5 Å². The van der Waals surface area contributed by atoms with E-state index < -0.39 is 0 Å². The van der Waals surface area contributed by atoms with E-state index in [9.17, 15) is 0 Å². The quantitative estimate of drug-likeness (QED) is 0.679. The average Bonchev–Trinajstić information content (AvgIpc) is 2.26. The lowest BCUT2D eigenvalue weighted by molar-refractivity contribution is 0.221. The first kappa shape index (κ1) is 11.0. The maximum Gasteiger partial charge on any atom is 0.0191 e. The molecule has 3 heteroatoms. The second-order valence-electron chi connectivity index (χ2n) is 4.09. The molecule has 0 aromatic rings. The van der Waals surface area contributed by atoms with Crippen LogP contribution in [0.4, 0.5) is 0 Å². The van der Waals surface area contributed by atoms with Gasteiger partial charge < -0.3 is 15.1 Å². The molecule has 0 spiro atoms. The summed E-state index contributed by atoms with van der Waals surface area (Å²) in [6, 6.07) is 0.708. The molecule has 1 heterocycles. The van der Waals surface area contributed by atoms with Crippen LogP contribution in [0.25, 0.3) is 0 Å². The first-order chi connectivity index (χ1) is 6.24. The van der Waals surface area contributed by atoms with Crippen LogP contribution < -0.4 is 5.32 Å². The molecule has 1 atom stereocenters. The van der Waals surface area contributed by atoms with Gasteiger partial charge in [-0.15, -0.1) is 0 Å². The molecule has 0 aliphatic carbocycles. The summed E-state index contributed by atoms with van der Waals surface area (Å²) in [5.74, 6) is 0. The van der Waals surface area contributed by atoms with Crippen LogP contribution in [0.5, 0.6) is 0 Å². The molecule has 13 heavy (non-hydrogen) atoms. The van der Waals surface area contributed by atoms with E-state index in [4.69, 9.17) is 0 Å². The SMILES string of the molecule is CNCCN1CCCN(C)C(C)C1. The Labute approximate surface area is 82.1 Å². The van der Waals surface area contributed by atoms with Crippen LogP contribution >= 0.6 is 0 Å². The van der Waals surface area contributed by atoms with Gasteiger partial charge >= 0.3 is 0 Å². The van der Waals surface area contributed by atoms with Gasteiger partial charge in [0, 0.05) is 25.7 Å². The maximum absolute atomic E-state index is 3.21. The van der Waals surface area contributed by atoms with E-state index in [0.717, 1.165) is 6.54 Å². The van der Waals surface area contributed by atoms with Crippen molar-refractivity contribution in [2.75, 3.05) is 46.8 Å². The van der Waals surface area contributed by atoms with Crippen LogP contribution in [0.1, 0.15) is 13.3 Å². The number of hydrogen-bond donors (Lipinski definition) is 1. The lowest BCUT2D eigenvalue weighted by Crippen LogP contribution is -2.39. The van der Waals surface area contributed by atoms with Gasteiger partial charge in [-0.25, -0.2) is 0 Å². The van der Waals surface area contributed by atoms with E-state index in [2.05, 4.69) is 29.1 Å². The lowest BCUT2D eigenvalue weighted by atomic mass is 10.3. The van der Waals surface area contributed by atoms with Gasteiger partial charge in [-0.2, -0.15) is 0 Å². The molecule has 0 aromatic heterocycles. The highest BCUT2D eigenvalue weighted by Crippen LogP contribution is 2.06. The Morgan fingerprint density at radius 1 is 1.38 bits per heavy atom. The van der Waals surface area contributed by atoms with E-state index in [0.29, 0.717) is 6.04 Å². The summed E-state index contributed by atoms with van der Waals surface area (Å²) in [6.45, 7) is 8.34. The van der Waals surface area contributed by atoms with E-state index >= 15 is 0 Å². The zero-order chi connectivity index (χ0) is 9.68. The smallest absolute Gasteiger partial charge is 0.0191 e. The molecule has 1 fully saturated rings. The highest BCUT2D eigenvalue weighted by Gasteiger charge is 2.17. The molecule has 0 aromatic carbocycles. The third kappa shape index (κ3) is 3.63. The van der Waals surface area contributed by atoms with Gasteiger partial charge in [-0.3, -0.25) is 0 Å². The first-order valence-corrected chi connectivity index (χ1v) is 5.31. The van der Waals surface area contributed by atoms with Gasteiger partial charge in [0.1, 0.15) is 0 Å². The Hall–Kier alpha value is -0.120. The highest BCUT2D eigenvalue weighted by molar-refractivity contribution is 4.74. The molecule has 0 amide bonds. The lowest BCUT2D eigenvalue weighted by Gasteiger charge is -2.25. The minimum atomic E-state index is 0.708. The summed E-state index contributed by atoms with van der Waals surface area (Å²) >= 11 is 0. The summed E-state index contributed by atoms with van der Waals surface area (Å²) in [7, 11) is 4.25. The second-order valence-corrected chi connectivity index (χ2v) is 4.09. The van der Waals surface area contributed by atoms with Gasteiger partial charge in [0.2, 0.25) is 0 Å². The van der Waals surface area contributed by atoms with Crippen molar-refractivity contribution in [2.24, 2.45) is 0 Å². The summed E-state index contributed by atoms with van der Waals surface area (Å²) in [5.41, 5.74) is 0. The highest BCUT2D eigenvalue weighted by atomic mass is 15.2. The molecule has 1 rings (SSSR count). The van der Waals surface area contributed by atoms with Gasteiger partial charge in [0.25, 0.3) is 0 Å². The Morgan fingerprint density at radius 3 is 2.85 bits per heavy atom. The Morgan fingerprint density at radius 2 is 2.15 bits per heavy atom. The standard InChI is InChI=1S/C10H23N3/c1-10-9-13(8-5-11-2)7-4-6-12(10)3/h10-11H,4-9H2,1-3H3. The Kier molecular flexibility index (Phi) is 4.70. The summed E-state index contributed by atoms with van der Waals surface area (Å²) in [5, 5.41) is 3.21. The largest absolute Gasteiger partial charge is 0.318 e. The molecular formula is C10H23N3. The van der Waals surface area contributed by atoms with Crippen molar-refractivity contribution in [2.45, 2.75) is 19.4 Å².